The fraction of sp³-hybridized carbons (Fsp3) is 0.455. The summed E-state index contributed by atoms with van der Waals surface area (Å²) < 4.78 is 17.7. The van der Waals surface area contributed by atoms with Gasteiger partial charge in [0.15, 0.2) is 0 Å². The van der Waals surface area contributed by atoms with Crippen molar-refractivity contribution in [2.24, 2.45) is 0 Å². The summed E-state index contributed by atoms with van der Waals surface area (Å²) in [5.41, 5.74) is 5.41. The second kappa shape index (κ2) is 6.08. The van der Waals surface area contributed by atoms with Crippen molar-refractivity contribution in [3.8, 4) is 0 Å². The lowest BCUT2D eigenvalue weighted by Gasteiger charge is -2.36. The first-order valence-electron chi connectivity index (χ1n) is 5.52. The molecule has 0 bridgehead atoms. The highest BCUT2D eigenvalue weighted by Crippen LogP contribution is 2.22. The van der Waals surface area contributed by atoms with E-state index in [-0.39, 0.29) is 0 Å². The Labute approximate surface area is 108 Å². The first-order valence-corrected chi connectivity index (χ1v) is 13.3. The van der Waals surface area contributed by atoms with E-state index in [1.54, 1.807) is 12.8 Å². The van der Waals surface area contributed by atoms with Crippen LogP contribution in [0.3, 0.4) is 0 Å². The van der Waals surface area contributed by atoms with Crippen LogP contribution in [0.15, 0.2) is 36.8 Å². The molecule has 3 nitrogen and oxygen atoms in total. The molecule has 0 aliphatic carbocycles. The first kappa shape index (κ1) is 16.8. The third-order valence-electron chi connectivity index (χ3n) is 2.33. The van der Waals surface area contributed by atoms with Crippen LogP contribution in [0.2, 0.25) is 26.2 Å². The highest BCUT2D eigenvalue weighted by Gasteiger charge is 2.45. The van der Waals surface area contributed by atoms with Crippen molar-refractivity contribution in [1.82, 2.24) is 0 Å². The SMILES string of the molecule is C=C[Si](C)(C)O[Si](C=C)(OC)O[Si](C)(C)C=C. The Kier molecular flexibility index (Phi) is 5.99. The van der Waals surface area contributed by atoms with Gasteiger partial charge in [-0.15, -0.1) is 13.2 Å². The van der Waals surface area contributed by atoms with Crippen molar-refractivity contribution in [1.29, 1.82) is 0 Å². The van der Waals surface area contributed by atoms with E-state index in [0.717, 1.165) is 0 Å². The normalized spacial score (nSPS) is 13.2. The van der Waals surface area contributed by atoms with E-state index < -0.39 is 25.4 Å². The highest BCUT2D eigenvalue weighted by atomic mass is 28.5. The predicted molar refractivity (Wildman–Crippen MR) is 80.5 cm³/mol. The van der Waals surface area contributed by atoms with Crippen LogP contribution < -0.4 is 0 Å². The molecule has 0 aromatic carbocycles. The lowest BCUT2D eigenvalue weighted by molar-refractivity contribution is 0.218. The quantitative estimate of drug-likeness (QED) is 0.642. The minimum Gasteiger partial charge on any atom is -0.409 e. The summed E-state index contributed by atoms with van der Waals surface area (Å²) >= 11 is 0. The van der Waals surface area contributed by atoms with Crippen LogP contribution in [0.1, 0.15) is 0 Å². The van der Waals surface area contributed by atoms with Crippen LogP contribution >= 0.6 is 0 Å². The molecule has 0 heterocycles. The molecule has 98 valence electrons. The van der Waals surface area contributed by atoms with Gasteiger partial charge in [0.25, 0.3) is 0 Å². The van der Waals surface area contributed by atoms with Gasteiger partial charge >= 0.3 is 8.80 Å². The summed E-state index contributed by atoms with van der Waals surface area (Å²) in [6.07, 6.45) is 0. The molecule has 0 rings (SSSR count). The van der Waals surface area contributed by atoms with Gasteiger partial charge in [-0.3, -0.25) is 0 Å². The molecular weight excluding hydrogens is 264 g/mol. The summed E-state index contributed by atoms with van der Waals surface area (Å²) in [6, 6.07) is 0. The minimum atomic E-state index is -2.81. The predicted octanol–water partition coefficient (Wildman–Crippen LogP) is 3.19. The molecule has 0 spiro atoms. The number of hydrogen-bond donors (Lipinski definition) is 0. The van der Waals surface area contributed by atoms with Gasteiger partial charge < -0.3 is 12.7 Å². The Morgan fingerprint density at radius 1 is 0.765 bits per heavy atom. The molecule has 6 heteroatoms. The van der Waals surface area contributed by atoms with Crippen LogP contribution in [0.4, 0.5) is 0 Å². The molecule has 0 aromatic heterocycles. The maximum atomic E-state index is 6.09. The molecule has 0 aliphatic rings. The highest BCUT2D eigenvalue weighted by molar-refractivity contribution is 6.91. The largest absolute Gasteiger partial charge is 0.508 e. The molecule has 0 unspecified atom stereocenters. The molecule has 0 fully saturated rings. The Balaban J connectivity index is 5.10. The Hall–Kier alpha value is -0.249. The third-order valence-corrected chi connectivity index (χ3v) is 11.8. The molecule has 0 N–H and O–H groups in total. The van der Waals surface area contributed by atoms with Crippen molar-refractivity contribution in [3.05, 3.63) is 36.8 Å². The average molecular weight is 289 g/mol. The van der Waals surface area contributed by atoms with E-state index in [1.165, 1.54) is 0 Å². The fourth-order valence-electron chi connectivity index (χ4n) is 1.09. The van der Waals surface area contributed by atoms with E-state index in [0.29, 0.717) is 0 Å². The van der Waals surface area contributed by atoms with Crippen molar-refractivity contribution >= 4 is 25.4 Å². The smallest absolute Gasteiger partial charge is 0.409 e. The molecule has 0 aromatic rings. The fourth-order valence-corrected chi connectivity index (χ4v) is 9.66. The van der Waals surface area contributed by atoms with E-state index >= 15 is 0 Å². The van der Waals surface area contributed by atoms with Crippen LogP contribution in [-0.4, -0.2) is 32.5 Å². The molecular formula is C11H24O3Si3. The second-order valence-corrected chi connectivity index (χ2v) is 15.7. The standard InChI is InChI=1S/C11H24O3Si3/c1-9-15(5,6)13-17(11-3,12-4)14-16(7,8)10-2/h9-11H,1-3H2,4-8H3. The molecule has 17 heavy (non-hydrogen) atoms. The molecule has 0 saturated heterocycles. The molecule has 0 saturated carbocycles. The molecule has 0 radical (unpaired) electrons. The number of rotatable bonds is 8. The van der Waals surface area contributed by atoms with Gasteiger partial charge in [-0.25, -0.2) is 0 Å². The lowest BCUT2D eigenvalue weighted by atomic mass is 11.3. The molecule has 0 amide bonds. The zero-order valence-corrected chi connectivity index (χ0v) is 14.6. The van der Waals surface area contributed by atoms with E-state index in [9.17, 15) is 0 Å². The van der Waals surface area contributed by atoms with Crippen LogP contribution in [0.5, 0.6) is 0 Å². The van der Waals surface area contributed by atoms with Crippen molar-refractivity contribution in [2.75, 3.05) is 7.11 Å². The molecule has 0 aliphatic heterocycles. The third kappa shape index (κ3) is 5.28. The van der Waals surface area contributed by atoms with Gasteiger partial charge in [0.1, 0.15) is 0 Å². The Bertz CT molecular complexity index is 278. The number of hydrogen-bond acceptors (Lipinski definition) is 3. The lowest BCUT2D eigenvalue weighted by Crippen LogP contribution is -2.56. The monoisotopic (exact) mass is 288 g/mol. The van der Waals surface area contributed by atoms with Gasteiger partial charge in [-0.1, -0.05) is 18.0 Å². The van der Waals surface area contributed by atoms with Crippen molar-refractivity contribution in [3.63, 3.8) is 0 Å². The van der Waals surface area contributed by atoms with Gasteiger partial charge in [0.05, 0.1) is 0 Å². The zero-order valence-electron chi connectivity index (χ0n) is 11.6. The van der Waals surface area contributed by atoms with Crippen LogP contribution in [-0.2, 0) is 12.7 Å². The maximum Gasteiger partial charge on any atom is 0.508 e. The van der Waals surface area contributed by atoms with E-state index in [1.807, 2.05) is 11.4 Å². The van der Waals surface area contributed by atoms with Gasteiger partial charge in [-0.2, -0.15) is 0 Å². The second-order valence-electron chi connectivity index (χ2n) is 4.83. The van der Waals surface area contributed by atoms with Crippen LogP contribution in [0.25, 0.3) is 0 Å². The minimum absolute atomic E-state index is 1.61. The van der Waals surface area contributed by atoms with Crippen molar-refractivity contribution in [2.45, 2.75) is 26.2 Å². The zero-order chi connectivity index (χ0) is 13.7. The maximum absolute atomic E-state index is 6.09. The topological polar surface area (TPSA) is 27.7 Å². The summed E-state index contributed by atoms with van der Waals surface area (Å²) in [4.78, 5) is 0. The summed E-state index contributed by atoms with van der Waals surface area (Å²) in [5, 5.41) is 0. The van der Waals surface area contributed by atoms with Crippen molar-refractivity contribution < 1.29 is 12.7 Å². The summed E-state index contributed by atoms with van der Waals surface area (Å²) in [6.45, 7) is 19.6. The average Bonchev–Trinajstić information content (AvgIpc) is 2.27. The summed E-state index contributed by atoms with van der Waals surface area (Å²) in [7, 11) is -5.15. The Morgan fingerprint density at radius 2 is 1.12 bits per heavy atom. The molecule has 0 atom stereocenters. The first-order chi connectivity index (χ1) is 7.66. The van der Waals surface area contributed by atoms with Gasteiger partial charge in [-0.05, 0) is 31.9 Å². The van der Waals surface area contributed by atoms with Gasteiger partial charge in [0, 0.05) is 7.11 Å². The van der Waals surface area contributed by atoms with E-state index in [2.05, 4.69) is 45.9 Å². The van der Waals surface area contributed by atoms with E-state index in [4.69, 9.17) is 12.7 Å². The Morgan fingerprint density at radius 3 is 1.29 bits per heavy atom. The van der Waals surface area contributed by atoms with Crippen LogP contribution in [0, 0.1) is 0 Å². The van der Waals surface area contributed by atoms with Gasteiger partial charge in [0.2, 0.25) is 16.6 Å². The summed E-state index contributed by atoms with van der Waals surface area (Å²) in [5.74, 6) is 0.